The van der Waals surface area contributed by atoms with Crippen molar-refractivity contribution in [3.63, 3.8) is 0 Å². The van der Waals surface area contributed by atoms with Gasteiger partial charge in [-0.05, 0) is 60.7 Å². The number of carbonyl (C=O) groups excluding carboxylic acids is 5. The first-order valence-electron chi connectivity index (χ1n) is 15.6. The summed E-state index contributed by atoms with van der Waals surface area (Å²) in [4.78, 5) is 66.6. The Morgan fingerprint density at radius 2 is 1.57 bits per heavy atom. The third kappa shape index (κ3) is 9.32. The monoisotopic (exact) mass is 659 g/mol. The van der Waals surface area contributed by atoms with Crippen LogP contribution in [0, 0.1) is 0 Å². The molecule has 1 aliphatic carbocycles. The van der Waals surface area contributed by atoms with E-state index in [4.69, 9.17) is 16.3 Å². The molecule has 12 heteroatoms. The minimum absolute atomic E-state index is 0.0259. The Labute approximate surface area is 278 Å². The van der Waals surface area contributed by atoms with E-state index in [0.29, 0.717) is 23.6 Å². The number of carbonyl (C=O) groups is 5. The van der Waals surface area contributed by atoms with Crippen LogP contribution in [-0.4, -0.2) is 66.4 Å². The fourth-order valence-corrected chi connectivity index (χ4v) is 5.42. The zero-order valence-electron chi connectivity index (χ0n) is 26.0. The van der Waals surface area contributed by atoms with Crippen molar-refractivity contribution in [3.8, 4) is 5.75 Å². The van der Waals surface area contributed by atoms with Gasteiger partial charge in [-0.2, -0.15) is 0 Å². The number of benzene rings is 3. The van der Waals surface area contributed by atoms with Crippen LogP contribution in [-0.2, 0) is 43.2 Å². The first-order chi connectivity index (χ1) is 22.6. The van der Waals surface area contributed by atoms with Crippen LogP contribution in [0.3, 0.4) is 0 Å². The molecule has 3 aromatic rings. The maximum absolute atomic E-state index is 13.6. The number of hydrogen-bond acceptors (Lipinski definition) is 6. The van der Waals surface area contributed by atoms with Gasteiger partial charge in [0.1, 0.15) is 36.0 Å². The van der Waals surface area contributed by atoms with Crippen molar-refractivity contribution in [1.82, 2.24) is 26.6 Å². The van der Waals surface area contributed by atoms with E-state index < -0.39 is 41.4 Å². The average Bonchev–Trinajstić information content (AvgIpc) is 3.84. The number of nitrogens with one attached hydrogen (secondary N) is 5. The van der Waals surface area contributed by atoms with Crippen LogP contribution in [0.25, 0.3) is 0 Å². The second-order valence-corrected chi connectivity index (χ2v) is 12.4. The van der Waals surface area contributed by atoms with Crippen LogP contribution >= 0.6 is 11.6 Å². The highest BCUT2D eigenvalue weighted by atomic mass is 35.5. The van der Waals surface area contributed by atoms with Crippen molar-refractivity contribution >= 4 is 41.1 Å². The largest absolute Gasteiger partial charge is 0.492 e. The lowest BCUT2D eigenvalue weighted by atomic mass is 10.0. The molecule has 0 saturated heterocycles. The van der Waals surface area contributed by atoms with E-state index in [0.717, 1.165) is 16.7 Å². The predicted molar refractivity (Wildman–Crippen MR) is 176 cm³/mol. The molecule has 246 valence electrons. The molecule has 1 saturated carbocycles. The summed E-state index contributed by atoms with van der Waals surface area (Å²) in [7, 11) is 0. The summed E-state index contributed by atoms with van der Waals surface area (Å²) in [6.45, 7) is 1.93. The van der Waals surface area contributed by atoms with Gasteiger partial charge in [-0.15, -0.1) is 0 Å². The molecule has 3 aromatic carbocycles. The van der Waals surface area contributed by atoms with Crippen molar-refractivity contribution in [2.24, 2.45) is 0 Å². The van der Waals surface area contributed by atoms with E-state index in [1.54, 1.807) is 48.5 Å². The molecule has 2 bridgehead atoms. The number of ether oxygens (including phenoxy) is 1. The topological polar surface area (TPSA) is 155 Å². The second-order valence-electron chi connectivity index (χ2n) is 11.9. The van der Waals surface area contributed by atoms with Gasteiger partial charge in [-0.1, -0.05) is 66.2 Å². The van der Waals surface area contributed by atoms with Crippen molar-refractivity contribution in [3.05, 3.63) is 101 Å². The van der Waals surface area contributed by atoms with Gasteiger partial charge in [0.15, 0.2) is 0 Å². The molecule has 3 atom stereocenters. The number of amides is 5. The van der Waals surface area contributed by atoms with Gasteiger partial charge in [-0.25, -0.2) is 0 Å². The van der Waals surface area contributed by atoms with E-state index in [1.807, 2.05) is 30.3 Å². The summed E-state index contributed by atoms with van der Waals surface area (Å²) < 4.78 is 5.79. The second kappa shape index (κ2) is 15.1. The quantitative estimate of drug-likeness (QED) is 0.264. The summed E-state index contributed by atoms with van der Waals surface area (Å²) in [5.74, 6) is -1.79. The molecule has 2 heterocycles. The SMILES string of the molecule is C[C@@H]1NC(=O)[C@@H](NC(=O)Cc2ccc(Cl)cc2)Cc2ccc(cc2)OCCNC(=O)C2(CC2)NC(=O)[C@@H](Cc2ccccc2)NC1=O. The Morgan fingerprint density at radius 1 is 0.872 bits per heavy atom. The Balaban J connectivity index is 1.36. The van der Waals surface area contributed by atoms with E-state index in [9.17, 15) is 24.0 Å². The van der Waals surface area contributed by atoms with Crippen LogP contribution < -0.4 is 31.3 Å². The minimum atomic E-state index is -1.06. The van der Waals surface area contributed by atoms with Gasteiger partial charge in [-0.3, -0.25) is 24.0 Å². The molecule has 1 fully saturated rings. The number of halogens is 1. The third-order valence-electron chi connectivity index (χ3n) is 8.16. The molecule has 5 N–H and O–H groups in total. The van der Waals surface area contributed by atoms with Crippen LogP contribution in [0.1, 0.15) is 36.5 Å². The van der Waals surface area contributed by atoms with Gasteiger partial charge in [0.05, 0.1) is 13.0 Å². The maximum Gasteiger partial charge on any atom is 0.245 e. The standard InChI is InChI=1S/C35H38ClN5O6/c1-22-31(43)40-29(19-23-5-3-2-4-6-23)33(45)41-35(15-16-35)34(46)37-17-18-47-27-13-9-24(10-14-27)20-28(32(44)38-22)39-30(42)21-25-7-11-26(36)12-8-25/h2-14,22,28-29H,15-21H2,1H3,(H,37,46)(H,38,44)(H,39,42)(H,40,43)(H,41,45)/t22-,28-,29+/m0/s1. The summed E-state index contributed by atoms with van der Waals surface area (Å²) in [5.41, 5.74) is 1.22. The highest BCUT2D eigenvalue weighted by Crippen LogP contribution is 2.35. The maximum atomic E-state index is 13.6. The lowest BCUT2D eigenvalue weighted by molar-refractivity contribution is -0.134. The molecule has 0 aromatic heterocycles. The van der Waals surface area contributed by atoms with Gasteiger partial charge in [0.2, 0.25) is 29.5 Å². The van der Waals surface area contributed by atoms with Crippen LogP contribution in [0.4, 0.5) is 0 Å². The number of fused-ring (bicyclic) bond motifs is 15. The molecule has 0 unspecified atom stereocenters. The lowest BCUT2D eigenvalue weighted by Gasteiger charge is -2.25. The summed E-state index contributed by atoms with van der Waals surface area (Å²) in [6.07, 6.45) is 1.28. The van der Waals surface area contributed by atoms with Gasteiger partial charge in [0, 0.05) is 17.9 Å². The molecule has 2 aliphatic heterocycles. The smallest absolute Gasteiger partial charge is 0.245 e. The average molecular weight is 660 g/mol. The van der Waals surface area contributed by atoms with Crippen molar-refractivity contribution in [1.29, 1.82) is 0 Å². The molecule has 1 spiro atoms. The van der Waals surface area contributed by atoms with Crippen LogP contribution in [0.2, 0.25) is 5.02 Å². The normalized spacial score (nSPS) is 21.8. The first kappa shape index (κ1) is 33.5. The molecule has 11 nitrogen and oxygen atoms in total. The van der Waals surface area contributed by atoms with Crippen LogP contribution in [0.15, 0.2) is 78.9 Å². The fraction of sp³-hybridized carbons (Fsp3) is 0.343. The summed E-state index contributed by atoms with van der Waals surface area (Å²) in [6, 6.07) is 20.0. The zero-order chi connectivity index (χ0) is 33.4. The molecule has 5 amide bonds. The molecule has 0 radical (unpaired) electrons. The molecular formula is C35H38ClN5O6. The van der Waals surface area contributed by atoms with Gasteiger partial charge >= 0.3 is 0 Å². The summed E-state index contributed by atoms with van der Waals surface area (Å²) >= 11 is 5.97. The molecule has 3 aliphatic rings. The highest BCUT2D eigenvalue weighted by Gasteiger charge is 2.51. The van der Waals surface area contributed by atoms with E-state index in [-0.39, 0.29) is 44.2 Å². The minimum Gasteiger partial charge on any atom is -0.492 e. The Morgan fingerprint density at radius 3 is 2.26 bits per heavy atom. The third-order valence-corrected chi connectivity index (χ3v) is 8.42. The number of rotatable bonds is 5. The lowest BCUT2D eigenvalue weighted by Crippen LogP contribution is -2.59. The zero-order valence-corrected chi connectivity index (χ0v) is 26.8. The van der Waals surface area contributed by atoms with Crippen molar-refractivity contribution in [2.45, 2.75) is 62.7 Å². The van der Waals surface area contributed by atoms with Gasteiger partial charge < -0.3 is 31.3 Å². The van der Waals surface area contributed by atoms with E-state index in [1.165, 1.54) is 6.92 Å². The van der Waals surface area contributed by atoms with Crippen molar-refractivity contribution < 1.29 is 28.7 Å². The fourth-order valence-electron chi connectivity index (χ4n) is 5.29. The predicted octanol–water partition coefficient (Wildman–Crippen LogP) is 2.00. The van der Waals surface area contributed by atoms with Crippen LogP contribution in [0.5, 0.6) is 5.75 Å². The van der Waals surface area contributed by atoms with Gasteiger partial charge in [0.25, 0.3) is 0 Å². The van der Waals surface area contributed by atoms with E-state index >= 15 is 0 Å². The molecule has 47 heavy (non-hydrogen) atoms. The Hall–Kier alpha value is -4.90. The highest BCUT2D eigenvalue weighted by molar-refractivity contribution is 6.30. The Bertz CT molecular complexity index is 1590. The molecular weight excluding hydrogens is 622 g/mol. The molecule has 6 rings (SSSR count). The first-order valence-corrected chi connectivity index (χ1v) is 16.0. The van der Waals surface area contributed by atoms with E-state index in [2.05, 4.69) is 26.6 Å². The Kier molecular flexibility index (Phi) is 10.8. The summed E-state index contributed by atoms with van der Waals surface area (Å²) in [5, 5.41) is 14.5. The number of hydrogen-bond donors (Lipinski definition) is 5. The van der Waals surface area contributed by atoms with Crippen molar-refractivity contribution in [2.75, 3.05) is 13.2 Å².